The number of hydrogen-bond acceptors (Lipinski definition) is 2. The summed E-state index contributed by atoms with van der Waals surface area (Å²) in [4.78, 5) is 4.78. The molecule has 0 radical (unpaired) electrons. The normalized spacial score (nSPS) is 11.3. The van der Waals surface area contributed by atoms with E-state index in [4.69, 9.17) is 4.98 Å². The molecule has 4 rings (SSSR count). The minimum atomic E-state index is 1.06. The summed E-state index contributed by atoms with van der Waals surface area (Å²) < 4.78 is 1.23. The molecule has 0 aliphatic carbocycles. The van der Waals surface area contributed by atoms with Gasteiger partial charge in [0.2, 0.25) is 0 Å². The predicted octanol–water partition coefficient (Wildman–Crippen LogP) is 6.13. The standard InChI is InChI=1S/C21H15NS/c1-2-8-16(9-3-1)14-15-17-10-4-5-11-18(17)21-22-19-12-6-7-13-20(19)23-21/h1-15H. The van der Waals surface area contributed by atoms with Gasteiger partial charge < -0.3 is 0 Å². The summed E-state index contributed by atoms with van der Waals surface area (Å²) in [6.07, 6.45) is 4.31. The second kappa shape index (κ2) is 6.19. The Balaban J connectivity index is 1.76. The highest BCUT2D eigenvalue weighted by Crippen LogP contribution is 2.32. The molecular formula is C21H15NS. The summed E-state index contributed by atoms with van der Waals surface area (Å²) in [5, 5.41) is 1.07. The fourth-order valence-electron chi connectivity index (χ4n) is 2.57. The Morgan fingerprint density at radius 2 is 1.43 bits per heavy atom. The number of hydrogen-bond donors (Lipinski definition) is 0. The van der Waals surface area contributed by atoms with Crippen molar-refractivity contribution in [1.82, 2.24) is 4.98 Å². The fraction of sp³-hybridized carbons (Fsp3) is 0. The van der Waals surface area contributed by atoms with Crippen molar-refractivity contribution < 1.29 is 0 Å². The maximum Gasteiger partial charge on any atom is 0.125 e. The van der Waals surface area contributed by atoms with Gasteiger partial charge in [0.1, 0.15) is 5.01 Å². The Bertz CT molecular complexity index is 934. The van der Waals surface area contributed by atoms with Crippen molar-refractivity contribution in [3.05, 3.63) is 90.0 Å². The molecule has 0 unspecified atom stereocenters. The molecule has 110 valence electrons. The van der Waals surface area contributed by atoms with Gasteiger partial charge in [-0.05, 0) is 23.3 Å². The van der Waals surface area contributed by atoms with Crippen molar-refractivity contribution in [3.8, 4) is 10.6 Å². The topological polar surface area (TPSA) is 12.9 Å². The van der Waals surface area contributed by atoms with E-state index in [-0.39, 0.29) is 0 Å². The van der Waals surface area contributed by atoms with Crippen LogP contribution in [-0.4, -0.2) is 4.98 Å². The molecule has 0 aliphatic heterocycles. The molecule has 4 aromatic rings. The first-order valence-electron chi connectivity index (χ1n) is 7.58. The third-order valence-corrected chi connectivity index (χ3v) is 4.81. The molecule has 0 saturated carbocycles. The average Bonchev–Trinajstić information content (AvgIpc) is 3.05. The van der Waals surface area contributed by atoms with Crippen LogP contribution in [0.2, 0.25) is 0 Å². The van der Waals surface area contributed by atoms with Crippen LogP contribution in [0.3, 0.4) is 0 Å². The quantitative estimate of drug-likeness (QED) is 0.414. The highest BCUT2D eigenvalue weighted by atomic mass is 32.1. The number of nitrogens with zero attached hydrogens (tertiary/aromatic N) is 1. The molecule has 0 N–H and O–H groups in total. The maximum absolute atomic E-state index is 4.78. The number of benzene rings is 3. The molecular weight excluding hydrogens is 298 g/mol. The van der Waals surface area contributed by atoms with Crippen molar-refractivity contribution in [2.45, 2.75) is 0 Å². The summed E-state index contributed by atoms with van der Waals surface area (Å²) in [6, 6.07) is 27.1. The minimum Gasteiger partial charge on any atom is -0.236 e. The zero-order chi connectivity index (χ0) is 15.5. The molecule has 0 saturated heterocycles. The molecule has 1 nitrogen and oxygen atoms in total. The van der Waals surface area contributed by atoms with E-state index in [2.05, 4.69) is 78.9 Å². The number of rotatable bonds is 3. The zero-order valence-corrected chi connectivity index (χ0v) is 13.3. The van der Waals surface area contributed by atoms with E-state index in [9.17, 15) is 0 Å². The van der Waals surface area contributed by atoms with Gasteiger partial charge >= 0.3 is 0 Å². The van der Waals surface area contributed by atoms with Gasteiger partial charge in [0.25, 0.3) is 0 Å². The van der Waals surface area contributed by atoms with Gasteiger partial charge in [-0.1, -0.05) is 78.9 Å². The van der Waals surface area contributed by atoms with Gasteiger partial charge in [0.15, 0.2) is 0 Å². The molecule has 2 heteroatoms. The molecule has 1 heterocycles. The number of para-hydroxylation sites is 1. The van der Waals surface area contributed by atoms with Crippen molar-refractivity contribution in [1.29, 1.82) is 0 Å². The lowest BCUT2D eigenvalue weighted by atomic mass is 10.1. The van der Waals surface area contributed by atoms with Gasteiger partial charge in [0, 0.05) is 5.56 Å². The Labute approximate surface area is 139 Å². The molecule has 0 bridgehead atoms. The predicted molar refractivity (Wildman–Crippen MR) is 100 cm³/mol. The number of aromatic nitrogens is 1. The van der Waals surface area contributed by atoms with E-state index in [1.807, 2.05) is 12.1 Å². The third kappa shape index (κ3) is 2.94. The Morgan fingerprint density at radius 1 is 0.696 bits per heavy atom. The van der Waals surface area contributed by atoms with Gasteiger partial charge in [-0.25, -0.2) is 4.98 Å². The van der Waals surface area contributed by atoms with Gasteiger partial charge in [-0.15, -0.1) is 11.3 Å². The lowest BCUT2D eigenvalue weighted by Gasteiger charge is -2.02. The monoisotopic (exact) mass is 313 g/mol. The van der Waals surface area contributed by atoms with Crippen molar-refractivity contribution >= 4 is 33.7 Å². The molecule has 0 amide bonds. The molecule has 0 atom stereocenters. The lowest BCUT2D eigenvalue weighted by molar-refractivity contribution is 1.47. The van der Waals surface area contributed by atoms with Crippen LogP contribution in [0.1, 0.15) is 11.1 Å². The summed E-state index contributed by atoms with van der Waals surface area (Å²) in [6.45, 7) is 0. The largest absolute Gasteiger partial charge is 0.236 e. The van der Waals surface area contributed by atoms with Crippen LogP contribution in [0.25, 0.3) is 32.9 Å². The molecule has 0 fully saturated rings. The fourth-order valence-corrected chi connectivity index (χ4v) is 3.59. The lowest BCUT2D eigenvalue weighted by Crippen LogP contribution is -1.81. The zero-order valence-electron chi connectivity index (χ0n) is 12.5. The van der Waals surface area contributed by atoms with E-state index in [1.165, 1.54) is 21.4 Å². The number of thiazole rings is 1. The highest BCUT2D eigenvalue weighted by Gasteiger charge is 2.08. The van der Waals surface area contributed by atoms with Gasteiger partial charge in [0.05, 0.1) is 10.2 Å². The van der Waals surface area contributed by atoms with E-state index in [0.717, 1.165) is 10.5 Å². The molecule has 0 spiro atoms. The van der Waals surface area contributed by atoms with E-state index < -0.39 is 0 Å². The summed E-state index contributed by atoms with van der Waals surface area (Å²) >= 11 is 1.74. The van der Waals surface area contributed by atoms with Crippen LogP contribution < -0.4 is 0 Å². The SMILES string of the molecule is C(=Cc1ccccc1-c1nc2ccccc2s1)c1ccccc1. The van der Waals surface area contributed by atoms with Crippen molar-refractivity contribution in [2.75, 3.05) is 0 Å². The Kier molecular flexibility index (Phi) is 3.75. The molecule has 0 aliphatic rings. The summed E-state index contributed by atoms with van der Waals surface area (Å²) in [5.74, 6) is 0. The smallest absolute Gasteiger partial charge is 0.125 e. The Hall–Kier alpha value is -2.71. The van der Waals surface area contributed by atoms with Gasteiger partial charge in [-0.3, -0.25) is 0 Å². The van der Waals surface area contributed by atoms with Gasteiger partial charge in [-0.2, -0.15) is 0 Å². The number of fused-ring (bicyclic) bond motifs is 1. The Morgan fingerprint density at radius 3 is 2.30 bits per heavy atom. The van der Waals surface area contributed by atoms with Crippen LogP contribution in [0.5, 0.6) is 0 Å². The summed E-state index contributed by atoms with van der Waals surface area (Å²) in [5.41, 5.74) is 4.64. The second-order valence-electron chi connectivity index (χ2n) is 5.32. The minimum absolute atomic E-state index is 1.06. The van der Waals surface area contributed by atoms with Crippen LogP contribution in [0.4, 0.5) is 0 Å². The van der Waals surface area contributed by atoms with Crippen LogP contribution >= 0.6 is 11.3 Å². The molecule has 3 aromatic carbocycles. The third-order valence-electron chi connectivity index (χ3n) is 3.74. The second-order valence-corrected chi connectivity index (χ2v) is 6.35. The molecule has 1 aromatic heterocycles. The van der Waals surface area contributed by atoms with Crippen LogP contribution in [0.15, 0.2) is 78.9 Å². The van der Waals surface area contributed by atoms with Crippen LogP contribution in [-0.2, 0) is 0 Å². The van der Waals surface area contributed by atoms with E-state index in [0.29, 0.717) is 0 Å². The van der Waals surface area contributed by atoms with E-state index in [1.54, 1.807) is 11.3 Å². The van der Waals surface area contributed by atoms with E-state index >= 15 is 0 Å². The first-order valence-corrected chi connectivity index (χ1v) is 8.40. The van der Waals surface area contributed by atoms with Crippen LogP contribution in [0, 0.1) is 0 Å². The maximum atomic E-state index is 4.78. The van der Waals surface area contributed by atoms with Crippen molar-refractivity contribution in [2.24, 2.45) is 0 Å². The first kappa shape index (κ1) is 13.9. The average molecular weight is 313 g/mol. The summed E-state index contributed by atoms with van der Waals surface area (Å²) in [7, 11) is 0. The highest BCUT2D eigenvalue weighted by molar-refractivity contribution is 7.21. The molecule has 23 heavy (non-hydrogen) atoms. The first-order chi connectivity index (χ1) is 11.4. The van der Waals surface area contributed by atoms with Crippen molar-refractivity contribution in [3.63, 3.8) is 0 Å².